The summed E-state index contributed by atoms with van der Waals surface area (Å²) < 4.78 is 0. The zero-order chi connectivity index (χ0) is 12.6. The third kappa shape index (κ3) is 2.08. The van der Waals surface area contributed by atoms with Gasteiger partial charge in [0.05, 0.1) is 4.92 Å². The van der Waals surface area contributed by atoms with Crippen LogP contribution in [0, 0.1) is 17.0 Å². The summed E-state index contributed by atoms with van der Waals surface area (Å²) in [7, 11) is 4.03. The third-order valence-electron chi connectivity index (χ3n) is 3.18. The predicted molar refractivity (Wildman–Crippen MR) is 65.3 cm³/mol. The number of nitrogens with zero attached hydrogens (tertiary/aromatic N) is 4. The molecule has 1 aromatic rings. The lowest BCUT2D eigenvalue weighted by atomic mass is 10.1. The molecule has 0 N–H and O–H groups in total. The van der Waals surface area contributed by atoms with E-state index < -0.39 is 0 Å². The molecule has 1 aliphatic rings. The SMILES string of the molecule is Cc1ccnc(N2CC(N(C)C)C2)c1[N+](=O)[O-]. The molecule has 2 rings (SSSR count). The minimum Gasteiger partial charge on any atom is -0.348 e. The van der Waals surface area contributed by atoms with Crippen LogP contribution in [0.2, 0.25) is 0 Å². The van der Waals surface area contributed by atoms with E-state index in [1.165, 1.54) is 0 Å². The molecule has 0 radical (unpaired) electrons. The maximum absolute atomic E-state index is 11.0. The van der Waals surface area contributed by atoms with Gasteiger partial charge in [0.2, 0.25) is 5.82 Å². The normalized spacial score (nSPS) is 16.1. The van der Waals surface area contributed by atoms with Crippen molar-refractivity contribution in [1.82, 2.24) is 9.88 Å². The summed E-state index contributed by atoms with van der Waals surface area (Å²) in [5, 5.41) is 11.0. The van der Waals surface area contributed by atoms with Crippen molar-refractivity contribution in [2.24, 2.45) is 0 Å². The average Bonchev–Trinajstić information content (AvgIpc) is 2.13. The van der Waals surface area contributed by atoms with Crippen LogP contribution in [-0.4, -0.2) is 48.0 Å². The van der Waals surface area contributed by atoms with E-state index in [1.807, 2.05) is 19.0 Å². The first-order valence-corrected chi connectivity index (χ1v) is 5.52. The van der Waals surface area contributed by atoms with Crippen LogP contribution in [0.3, 0.4) is 0 Å². The summed E-state index contributed by atoms with van der Waals surface area (Å²) in [6.07, 6.45) is 1.63. The van der Waals surface area contributed by atoms with Crippen molar-refractivity contribution in [2.75, 3.05) is 32.1 Å². The summed E-state index contributed by atoms with van der Waals surface area (Å²) in [5.74, 6) is 0.494. The Kier molecular flexibility index (Phi) is 2.97. The quantitative estimate of drug-likeness (QED) is 0.580. The Bertz CT molecular complexity index is 441. The van der Waals surface area contributed by atoms with Crippen LogP contribution < -0.4 is 4.90 Å². The summed E-state index contributed by atoms with van der Waals surface area (Å²) in [5.41, 5.74) is 0.790. The summed E-state index contributed by atoms with van der Waals surface area (Å²) in [6.45, 7) is 3.33. The topological polar surface area (TPSA) is 62.5 Å². The van der Waals surface area contributed by atoms with Crippen molar-refractivity contribution < 1.29 is 4.92 Å². The van der Waals surface area contributed by atoms with Crippen LogP contribution in [0.25, 0.3) is 0 Å². The number of hydrogen-bond donors (Lipinski definition) is 0. The molecule has 17 heavy (non-hydrogen) atoms. The maximum Gasteiger partial charge on any atom is 0.314 e. The first-order chi connectivity index (χ1) is 8.00. The first-order valence-electron chi connectivity index (χ1n) is 5.52. The third-order valence-corrected chi connectivity index (χ3v) is 3.18. The van der Waals surface area contributed by atoms with Gasteiger partial charge in [0.1, 0.15) is 0 Å². The highest BCUT2D eigenvalue weighted by atomic mass is 16.6. The molecule has 1 fully saturated rings. The lowest BCUT2D eigenvalue weighted by Crippen LogP contribution is -2.57. The fraction of sp³-hybridized carbons (Fsp3) is 0.545. The second-order valence-corrected chi connectivity index (χ2v) is 4.58. The number of anilines is 1. The molecular weight excluding hydrogens is 220 g/mol. The number of aromatic nitrogens is 1. The monoisotopic (exact) mass is 236 g/mol. The zero-order valence-corrected chi connectivity index (χ0v) is 10.3. The molecule has 6 heteroatoms. The van der Waals surface area contributed by atoms with Crippen LogP contribution in [0.5, 0.6) is 0 Å². The molecule has 2 heterocycles. The van der Waals surface area contributed by atoms with Crippen LogP contribution >= 0.6 is 0 Å². The highest BCUT2D eigenvalue weighted by molar-refractivity contribution is 5.63. The van der Waals surface area contributed by atoms with Gasteiger partial charge >= 0.3 is 5.69 Å². The highest BCUT2D eigenvalue weighted by Gasteiger charge is 2.34. The second kappa shape index (κ2) is 4.29. The largest absolute Gasteiger partial charge is 0.348 e. The van der Waals surface area contributed by atoms with Crippen LogP contribution in [0.15, 0.2) is 12.3 Å². The van der Waals surface area contributed by atoms with Gasteiger partial charge in [-0.05, 0) is 27.1 Å². The standard InChI is InChI=1S/C11H16N4O2/c1-8-4-5-12-11(10(8)15(16)17)14-6-9(7-14)13(2)3/h4-5,9H,6-7H2,1-3H3. The van der Waals surface area contributed by atoms with E-state index in [0.29, 0.717) is 17.4 Å². The minimum absolute atomic E-state index is 0.129. The molecule has 1 aliphatic heterocycles. The number of pyridine rings is 1. The summed E-state index contributed by atoms with van der Waals surface area (Å²) in [6, 6.07) is 2.13. The van der Waals surface area contributed by atoms with Gasteiger partial charge in [-0.3, -0.25) is 10.1 Å². The van der Waals surface area contributed by atoms with Crippen molar-refractivity contribution in [3.8, 4) is 0 Å². The Morgan fingerprint density at radius 1 is 1.53 bits per heavy atom. The van der Waals surface area contributed by atoms with E-state index in [9.17, 15) is 10.1 Å². The van der Waals surface area contributed by atoms with Crippen LogP contribution in [0.1, 0.15) is 5.56 Å². The summed E-state index contributed by atoms with van der Waals surface area (Å²) in [4.78, 5) is 18.9. The number of nitro groups is 1. The molecule has 0 unspecified atom stereocenters. The van der Waals surface area contributed by atoms with Gasteiger partial charge in [0.25, 0.3) is 0 Å². The fourth-order valence-electron chi connectivity index (χ4n) is 1.95. The van der Waals surface area contributed by atoms with Crippen molar-refractivity contribution in [3.05, 3.63) is 27.9 Å². The summed E-state index contributed by atoms with van der Waals surface area (Å²) >= 11 is 0. The van der Waals surface area contributed by atoms with Gasteiger partial charge < -0.3 is 9.80 Å². The molecule has 6 nitrogen and oxygen atoms in total. The van der Waals surface area contributed by atoms with E-state index in [-0.39, 0.29) is 10.6 Å². The molecule has 0 saturated carbocycles. The molecule has 0 aromatic carbocycles. The van der Waals surface area contributed by atoms with Gasteiger partial charge in [-0.25, -0.2) is 4.98 Å². The van der Waals surface area contributed by atoms with Gasteiger partial charge in [-0.1, -0.05) is 0 Å². The fourth-order valence-corrected chi connectivity index (χ4v) is 1.95. The van der Waals surface area contributed by atoms with Crippen molar-refractivity contribution in [3.63, 3.8) is 0 Å². The van der Waals surface area contributed by atoms with Gasteiger partial charge in [-0.2, -0.15) is 0 Å². The van der Waals surface area contributed by atoms with E-state index in [4.69, 9.17) is 0 Å². The molecule has 0 aliphatic carbocycles. The number of likely N-dealkylation sites (N-methyl/N-ethyl adjacent to an activating group) is 1. The maximum atomic E-state index is 11.0. The van der Waals surface area contributed by atoms with E-state index >= 15 is 0 Å². The van der Waals surface area contributed by atoms with Crippen LogP contribution in [0.4, 0.5) is 11.5 Å². The first kappa shape index (κ1) is 11.8. The number of rotatable bonds is 3. The zero-order valence-electron chi connectivity index (χ0n) is 10.3. The van der Waals surface area contributed by atoms with Crippen molar-refractivity contribution in [1.29, 1.82) is 0 Å². The highest BCUT2D eigenvalue weighted by Crippen LogP contribution is 2.32. The van der Waals surface area contributed by atoms with E-state index in [0.717, 1.165) is 13.1 Å². The Labute approximate surface area is 100 Å². The Morgan fingerprint density at radius 2 is 2.18 bits per heavy atom. The average molecular weight is 236 g/mol. The number of hydrogen-bond acceptors (Lipinski definition) is 5. The van der Waals surface area contributed by atoms with E-state index in [1.54, 1.807) is 19.2 Å². The molecule has 0 amide bonds. The van der Waals surface area contributed by atoms with Crippen LogP contribution in [-0.2, 0) is 0 Å². The molecule has 1 saturated heterocycles. The predicted octanol–water partition coefficient (Wildman–Crippen LogP) is 1.05. The van der Waals surface area contributed by atoms with E-state index in [2.05, 4.69) is 9.88 Å². The smallest absolute Gasteiger partial charge is 0.314 e. The lowest BCUT2D eigenvalue weighted by Gasteiger charge is -2.43. The second-order valence-electron chi connectivity index (χ2n) is 4.58. The van der Waals surface area contributed by atoms with Gasteiger partial charge in [-0.15, -0.1) is 0 Å². The molecule has 92 valence electrons. The minimum atomic E-state index is -0.347. The molecule has 0 spiro atoms. The molecule has 1 aromatic heterocycles. The van der Waals surface area contributed by atoms with Gasteiger partial charge in [0.15, 0.2) is 0 Å². The Morgan fingerprint density at radius 3 is 2.71 bits per heavy atom. The Hall–Kier alpha value is -1.69. The molecule has 0 bridgehead atoms. The molecule has 0 atom stereocenters. The lowest BCUT2D eigenvalue weighted by molar-refractivity contribution is -0.385. The van der Waals surface area contributed by atoms with Crippen molar-refractivity contribution >= 4 is 11.5 Å². The molecular formula is C11H16N4O2. The van der Waals surface area contributed by atoms with Gasteiger partial charge in [0, 0.05) is 30.9 Å². The number of aryl methyl sites for hydroxylation is 1. The van der Waals surface area contributed by atoms with Crippen molar-refractivity contribution in [2.45, 2.75) is 13.0 Å². The Balaban J connectivity index is 2.23.